The smallest absolute Gasteiger partial charge is 0.258 e. The molecule has 3 atom stereocenters. The molecule has 20 rings (SSSR count). The average Bonchev–Trinajstić information content (AvgIpc) is 1.68. The van der Waals surface area contributed by atoms with Crippen LogP contribution >= 0.6 is 0 Å². The number of nitrogens with zero attached hydrogens (tertiary/aromatic N) is 16. The highest BCUT2D eigenvalue weighted by atomic mass is 16.5. The molecule has 0 radical (unpaired) electrons. The van der Waals surface area contributed by atoms with E-state index in [0.717, 1.165) is 225 Å². The van der Waals surface area contributed by atoms with Crippen LogP contribution in [0.25, 0.3) is 66.4 Å². The van der Waals surface area contributed by atoms with Crippen LogP contribution in [0.4, 0.5) is 0 Å². The van der Waals surface area contributed by atoms with Gasteiger partial charge in [-0.25, -0.2) is 0 Å². The fourth-order valence-electron chi connectivity index (χ4n) is 17.2. The first-order valence-electron chi connectivity index (χ1n) is 45.6. The minimum Gasteiger partial charge on any atom is -0.489 e. The third-order valence-electron chi connectivity index (χ3n) is 24.6. The fraction of sp³-hybridized carbons (Fsp3) is 0.295. The molecule has 1 N–H and O–H groups in total. The molecule has 0 amide bonds. The highest BCUT2D eigenvalue weighted by Gasteiger charge is 2.26. The number of benzene rings is 8. The predicted molar refractivity (Wildman–Crippen MR) is 517 cm³/mol. The minimum atomic E-state index is -0.132. The summed E-state index contributed by atoms with van der Waals surface area (Å²) in [5.41, 5.74) is 12.4. The van der Waals surface area contributed by atoms with Gasteiger partial charge in [0.25, 0.3) is 22.2 Å². The first kappa shape index (κ1) is 89.9. The number of fused-ring (bicyclic) bond motifs is 4. The SMILES string of the molecule is C=C(C)N1CCN(CCn2ncc3cc(-n4ccc(OCc5ccccc5)cc4=O)ccc32)CC1.CC1COC[C@H](C)N1CCn1ncc2cc(-n3ccc(OCc4ccccc4)cc3=O)ccc21.O=c1cc(OCc2ccccc2)ccn1-c1ccc2c(cnn2CC2CCCCO2)c1.O=c1cc(OCc2ccccc2)ccn1-c1ccc2c(cnn2CCN2CCNCC2)c1. The molecule has 4 aliphatic heterocycles. The second kappa shape index (κ2) is 43.6. The maximum atomic E-state index is 12.8. The summed E-state index contributed by atoms with van der Waals surface area (Å²) in [5, 5.41) is 25.8. The van der Waals surface area contributed by atoms with Gasteiger partial charge in [0.1, 0.15) is 49.4 Å². The quantitative estimate of drug-likeness (QED) is 0.0479. The Hall–Kier alpha value is -14.1. The van der Waals surface area contributed by atoms with Crippen molar-refractivity contribution in [2.45, 2.75) is 111 Å². The number of hydrogen-bond donors (Lipinski definition) is 1. The molecule has 12 heterocycles. The van der Waals surface area contributed by atoms with E-state index in [4.69, 9.17) is 28.4 Å². The number of nitrogens with one attached hydrogen (secondary N) is 1. The molecular formula is C105H113N17O10. The lowest BCUT2D eigenvalue weighted by Gasteiger charge is -2.38. The molecule has 27 nitrogen and oxygen atoms in total. The number of allylic oxidation sites excluding steroid dienone is 1. The molecule has 132 heavy (non-hydrogen) atoms. The molecule has 4 fully saturated rings. The van der Waals surface area contributed by atoms with Crippen molar-refractivity contribution in [3.63, 3.8) is 0 Å². The van der Waals surface area contributed by atoms with Crippen molar-refractivity contribution in [2.75, 3.05) is 91.8 Å². The molecule has 16 aromatic rings. The van der Waals surface area contributed by atoms with Gasteiger partial charge >= 0.3 is 0 Å². The lowest BCUT2D eigenvalue weighted by Crippen LogP contribution is -2.50. The third kappa shape index (κ3) is 23.2. The first-order chi connectivity index (χ1) is 64.7. The fourth-order valence-corrected chi connectivity index (χ4v) is 17.2. The molecule has 0 spiro atoms. The van der Waals surface area contributed by atoms with E-state index in [0.29, 0.717) is 61.5 Å². The van der Waals surface area contributed by atoms with Crippen LogP contribution in [0.3, 0.4) is 0 Å². The van der Waals surface area contributed by atoms with Gasteiger partial charge in [0.2, 0.25) is 0 Å². The van der Waals surface area contributed by atoms with Gasteiger partial charge in [-0.3, -0.25) is 70.9 Å². The van der Waals surface area contributed by atoms with Crippen molar-refractivity contribution >= 4 is 43.6 Å². The number of morpholine rings is 1. The van der Waals surface area contributed by atoms with E-state index in [-0.39, 0.29) is 28.3 Å². The summed E-state index contributed by atoms with van der Waals surface area (Å²) in [5.74, 6) is 2.25. The van der Waals surface area contributed by atoms with Crippen molar-refractivity contribution in [1.82, 2.24) is 82.3 Å². The maximum Gasteiger partial charge on any atom is 0.258 e. The Kier molecular flexibility index (Phi) is 29.7. The van der Waals surface area contributed by atoms with Crippen LogP contribution in [0.15, 0.2) is 324 Å². The van der Waals surface area contributed by atoms with Gasteiger partial charge in [-0.1, -0.05) is 128 Å². The van der Waals surface area contributed by atoms with E-state index in [9.17, 15) is 19.2 Å². The third-order valence-corrected chi connectivity index (χ3v) is 24.6. The summed E-state index contributed by atoms with van der Waals surface area (Å²) in [4.78, 5) is 60.7. The van der Waals surface area contributed by atoms with Gasteiger partial charge in [0.05, 0.1) is 92.4 Å². The molecule has 27 heteroatoms. The molecule has 4 aliphatic rings. The molecule has 2 unspecified atom stereocenters. The summed E-state index contributed by atoms with van der Waals surface area (Å²) in [6, 6.07) is 77.9. The Bertz CT molecular complexity index is 6760. The standard InChI is InChI=1S/C28H31N5O2.C27H30N4O3.C25H27N5O2.C25H25N3O3/c1-22(2)31-15-12-30(13-16-31)14-17-33-27-9-8-25(18-24(27)20-29-33)32-11-10-26(19-28(32)34)35-21-23-6-4-3-5-7-23;1-20-17-33-18-21(2)29(20)12-13-31-26-9-8-24(14-23(26)16-28-31)30-11-10-25(15-27(30)32)34-19-22-6-4-3-5-7-22;31-25-17-23(32-19-20-4-2-1-3-5-20)8-11-29(25)22-6-7-24-21(16-22)18-27-30(24)15-14-28-12-9-26-10-13-28;29-25-15-22(31-18-19-6-2-1-3-7-19)11-12-27(25)21-9-10-24-20(14-21)16-26-28(24)17-23-8-4-5-13-30-23/h3-11,18-20H,1,12-17,21H2,2H3;3-11,14-16,20-21H,12-13,17-19H2,1-2H3;1-8,11,16-18,26H,9-10,12-15,19H2;1-3,6-7,9-12,14-16,23H,4-5,8,13,17-18H2/t;20-,21?;;/m.0../s1. The number of ether oxygens (including phenoxy) is 6. The van der Waals surface area contributed by atoms with Gasteiger partial charge in [-0.2, -0.15) is 20.4 Å². The van der Waals surface area contributed by atoms with Crippen LogP contribution in [0.2, 0.25) is 0 Å². The number of piperazine rings is 2. The van der Waals surface area contributed by atoms with Crippen molar-refractivity contribution < 1.29 is 28.4 Å². The Morgan fingerprint density at radius 1 is 0.386 bits per heavy atom. The lowest BCUT2D eigenvalue weighted by atomic mass is 10.1. The average molecular weight is 1770 g/mol. The monoisotopic (exact) mass is 1770 g/mol. The first-order valence-corrected chi connectivity index (χ1v) is 45.6. The molecule has 4 saturated heterocycles. The van der Waals surface area contributed by atoms with E-state index in [1.54, 1.807) is 43.1 Å². The number of hydrogen-bond acceptors (Lipinski definition) is 19. The molecule has 0 bridgehead atoms. The van der Waals surface area contributed by atoms with Crippen LogP contribution in [0, 0.1) is 0 Å². The van der Waals surface area contributed by atoms with E-state index in [2.05, 4.69) is 72.7 Å². The molecule has 8 aromatic heterocycles. The van der Waals surface area contributed by atoms with Crippen LogP contribution < -0.4 is 46.5 Å². The van der Waals surface area contributed by atoms with Crippen LogP contribution in [-0.4, -0.2) is 187 Å². The van der Waals surface area contributed by atoms with Gasteiger partial charge in [0, 0.05) is 190 Å². The Morgan fingerprint density at radius 3 is 1.05 bits per heavy atom. The van der Waals surface area contributed by atoms with Crippen molar-refractivity contribution in [3.05, 3.63) is 368 Å². The predicted octanol–water partition coefficient (Wildman–Crippen LogP) is 14.8. The summed E-state index contributed by atoms with van der Waals surface area (Å²) in [6.45, 7) is 29.2. The van der Waals surface area contributed by atoms with Gasteiger partial charge in [-0.15, -0.1) is 0 Å². The van der Waals surface area contributed by atoms with E-state index in [1.165, 1.54) is 30.7 Å². The normalized spacial score (nSPS) is 16.1. The molecule has 678 valence electrons. The van der Waals surface area contributed by atoms with Crippen molar-refractivity contribution in [3.8, 4) is 45.7 Å². The zero-order valence-corrected chi connectivity index (χ0v) is 75.1. The maximum absolute atomic E-state index is 12.8. The Labute approximate surface area is 766 Å². The summed E-state index contributed by atoms with van der Waals surface area (Å²) < 4.78 is 49.3. The van der Waals surface area contributed by atoms with Crippen molar-refractivity contribution in [2.24, 2.45) is 0 Å². The molecule has 0 saturated carbocycles. The number of rotatable bonds is 28. The molecular weight excluding hydrogens is 1660 g/mol. The Morgan fingerprint density at radius 2 is 0.720 bits per heavy atom. The van der Waals surface area contributed by atoms with Gasteiger partial charge < -0.3 is 38.6 Å². The van der Waals surface area contributed by atoms with Crippen LogP contribution in [0.1, 0.15) is 62.3 Å². The van der Waals surface area contributed by atoms with Crippen molar-refractivity contribution in [1.29, 1.82) is 0 Å². The zero-order chi connectivity index (χ0) is 90.5. The number of pyridine rings is 4. The Balaban J connectivity index is 0.000000123. The lowest BCUT2D eigenvalue weighted by molar-refractivity contribution is -0.0380. The summed E-state index contributed by atoms with van der Waals surface area (Å²) in [6.07, 6.45) is 18.2. The van der Waals surface area contributed by atoms with E-state index >= 15 is 0 Å². The molecule has 0 aliphatic carbocycles. The second-order valence-electron chi connectivity index (χ2n) is 33.9. The van der Waals surface area contributed by atoms with E-state index in [1.807, 2.05) is 262 Å². The zero-order valence-electron chi connectivity index (χ0n) is 75.1. The summed E-state index contributed by atoms with van der Waals surface area (Å²) >= 11 is 0. The van der Waals surface area contributed by atoms with Crippen LogP contribution in [0.5, 0.6) is 23.0 Å². The molecule has 8 aromatic carbocycles. The van der Waals surface area contributed by atoms with E-state index < -0.39 is 0 Å². The largest absolute Gasteiger partial charge is 0.489 e. The number of aromatic nitrogens is 12. The highest BCUT2D eigenvalue weighted by Crippen LogP contribution is 2.27. The van der Waals surface area contributed by atoms with Gasteiger partial charge in [-0.05, 0) is 159 Å². The highest BCUT2D eigenvalue weighted by molar-refractivity contribution is 5.83. The van der Waals surface area contributed by atoms with Gasteiger partial charge in [0.15, 0.2) is 0 Å². The minimum absolute atomic E-state index is 0.124. The topological polar surface area (TPSA) is 240 Å². The summed E-state index contributed by atoms with van der Waals surface area (Å²) in [7, 11) is 0. The second-order valence-corrected chi connectivity index (χ2v) is 33.9. The van der Waals surface area contributed by atoms with Crippen LogP contribution in [-0.2, 0) is 62.1 Å².